The number of nitrogen functional groups attached to an aromatic ring is 2. The summed E-state index contributed by atoms with van der Waals surface area (Å²) in [7, 11) is 0. The maximum atomic E-state index is 12.0. The lowest BCUT2D eigenvalue weighted by atomic mass is 10.1. The molecule has 0 bridgehead atoms. The number of hydrogen-bond acceptors (Lipinski definition) is 8. The Labute approximate surface area is 229 Å². The number of anilines is 3. The van der Waals surface area contributed by atoms with E-state index in [1.807, 2.05) is 39.8 Å². The number of carbonyl (C=O) groups is 2. The Morgan fingerprint density at radius 1 is 1.00 bits per heavy atom. The predicted molar refractivity (Wildman–Crippen MR) is 156 cm³/mol. The zero-order valence-electron chi connectivity index (χ0n) is 24.2. The molecule has 1 aromatic rings. The van der Waals surface area contributed by atoms with Crippen LogP contribution in [0.15, 0.2) is 6.08 Å². The summed E-state index contributed by atoms with van der Waals surface area (Å²) in [6.07, 6.45) is 9.34. The van der Waals surface area contributed by atoms with Crippen molar-refractivity contribution in [1.82, 2.24) is 10.3 Å². The Balaban J connectivity index is 0.00000667. The van der Waals surface area contributed by atoms with Crippen molar-refractivity contribution < 1.29 is 24.2 Å². The van der Waals surface area contributed by atoms with Gasteiger partial charge in [0.2, 0.25) is 5.91 Å². The highest BCUT2D eigenvalue weighted by atomic mass is 16.5. The summed E-state index contributed by atoms with van der Waals surface area (Å²) < 4.78 is 10.5. The SMILES string of the molecule is C/C=C\c1c(C)nc(N)c(N)c1N(CCCCC)CCCCNC(=O)CCOCCOCCC(=O)O.CC. The van der Waals surface area contributed by atoms with Crippen LogP contribution in [0.5, 0.6) is 0 Å². The molecule has 0 saturated carbocycles. The predicted octanol–water partition coefficient (Wildman–Crippen LogP) is 4.40. The van der Waals surface area contributed by atoms with Crippen molar-refractivity contribution in [1.29, 1.82) is 0 Å². The summed E-state index contributed by atoms with van der Waals surface area (Å²) in [6.45, 7) is 13.5. The van der Waals surface area contributed by atoms with Crippen LogP contribution in [0.3, 0.4) is 0 Å². The standard InChI is InChI=1S/C26H45N5O5.C2H6/c1-4-6-8-14-31(25-21(10-5-2)20(3)30-26(28)24(25)27)15-9-7-13-29-22(32)11-16-35-18-19-36-17-12-23(33)34;1-2/h5,10H,4,6-9,11-19,27H2,1-3H3,(H2,28,30)(H,29,32)(H,33,34);1-2H3/b10-5-;. The van der Waals surface area contributed by atoms with Crippen LogP contribution in [-0.4, -0.2) is 68.0 Å². The normalized spacial score (nSPS) is 10.8. The van der Waals surface area contributed by atoms with Gasteiger partial charge in [-0.1, -0.05) is 45.8 Å². The highest BCUT2D eigenvalue weighted by Gasteiger charge is 2.18. The molecule has 0 fully saturated rings. The minimum atomic E-state index is -0.892. The fourth-order valence-electron chi connectivity index (χ4n) is 3.72. The lowest BCUT2D eigenvalue weighted by Gasteiger charge is -2.29. The second kappa shape index (κ2) is 22.2. The van der Waals surface area contributed by atoms with Crippen LogP contribution in [-0.2, 0) is 19.1 Å². The molecule has 0 atom stereocenters. The van der Waals surface area contributed by atoms with Gasteiger partial charge in [-0.25, -0.2) is 4.98 Å². The van der Waals surface area contributed by atoms with E-state index in [2.05, 4.69) is 22.1 Å². The van der Waals surface area contributed by atoms with Gasteiger partial charge in [0.05, 0.1) is 44.2 Å². The van der Waals surface area contributed by atoms with Crippen LogP contribution in [0.4, 0.5) is 17.2 Å². The van der Waals surface area contributed by atoms with E-state index in [0.29, 0.717) is 37.9 Å². The molecule has 0 aliphatic heterocycles. The largest absolute Gasteiger partial charge is 0.481 e. The number of pyridine rings is 1. The second-order valence-electron chi connectivity index (χ2n) is 8.63. The molecule has 1 amide bonds. The number of carbonyl (C=O) groups excluding carboxylic acids is 1. The fraction of sp³-hybridized carbons (Fsp3) is 0.679. The first-order chi connectivity index (χ1) is 18.3. The zero-order chi connectivity index (χ0) is 28.8. The van der Waals surface area contributed by atoms with E-state index in [9.17, 15) is 9.59 Å². The third-order valence-corrected chi connectivity index (χ3v) is 5.63. The quantitative estimate of drug-likeness (QED) is 0.177. The van der Waals surface area contributed by atoms with Gasteiger partial charge >= 0.3 is 5.97 Å². The number of nitrogens with zero attached hydrogens (tertiary/aromatic N) is 2. The van der Waals surface area contributed by atoms with E-state index in [1.165, 1.54) is 0 Å². The van der Waals surface area contributed by atoms with Crippen molar-refractivity contribution in [2.45, 2.75) is 79.6 Å². The Kier molecular flexibility index (Phi) is 20.5. The van der Waals surface area contributed by atoms with Crippen LogP contribution in [0.1, 0.15) is 83.9 Å². The molecule has 0 aliphatic rings. The van der Waals surface area contributed by atoms with E-state index >= 15 is 0 Å². The summed E-state index contributed by atoms with van der Waals surface area (Å²) in [5, 5.41) is 11.5. The van der Waals surface area contributed by atoms with Gasteiger partial charge in [-0.05, 0) is 33.1 Å². The number of ether oxygens (including phenoxy) is 2. The Morgan fingerprint density at radius 3 is 2.18 bits per heavy atom. The molecule has 10 nitrogen and oxygen atoms in total. The van der Waals surface area contributed by atoms with Crippen molar-refractivity contribution in [3.8, 4) is 0 Å². The van der Waals surface area contributed by atoms with Gasteiger partial charge < -0.3 is 36.3 Å². The van der Waals surface area contributed by atoms with Crippen LogP contribution >= 0.6 is 0 Å². The summed E-state index contributed by atoms with van der Waals surface area (Å²) >= 11 is 0. The van der Waals surface area contributed by atoms with Crippen molar-refractivity contribution in [2.24, 2.45) is 0 Å². The molecule has 38 heavy (non-hydrogen) atoms. The van der Waals surface area contributed by atoms with Crippen LogP contribution < -0.4 is 21.7 Å². The van der Waals surface area contributed by atoms with E-state index in [1.54, 1.807) is 0 Å². The number of unbranched alkanes of at least 4 members (excludes halogenated alkanes) is 3. The number of rotatable bonds is 20. The number of aromatic nitrogens is 1. The molecule has 10 heteroatoms. The first-order valence-electron chi connectivity index (χ1n) is 13.9. The van der Waals surface area contributed by atoms with E-state index in [-0.39, 0.29) is 25.4 Å². The average molecular weight is 538 g/mol. The molecule has 0 unspecified atom stereocenters. The average Bonchev–Trinajstić information content (AvgIpc) is 2.89. The van der Waals surface area contributed by atoms with Gasteiger partial charge in [0.25, 0.3) is 0 Å². The van der Waals surface area contributed by atoms with E-state index in [0.717, 1.165) is 62.1 Å². The molecule has 1 aromatic heterocycles. The van der Waals surface area contributed by atoms with Crippen molar-refractivity contribution >= 4 is 35.1 Å². The van der Waals surface area contributed by atoms with Gasteiger partial charge in [0.15, 0.2) is 0 Å². The first kappa shape index (κ1) is 35.2. The van der Waals surface area contributed by atoms with Crippen molar-refractivity contribution in [2.75, 3.05) is 62.4 Å². The zero-order valence-corrected chi connectivity index (χ0v) is 24.2. The molecule has 218 valence electrons. The first-order valence-corrected chi connectivity index (χ1v) is 13.9. The fourth-order valence-corrected chi connectivity index (χ4v) is 3.72. The number of carboxylic acid groups (broad SMARTS) is 1. The second-order valence-corrected chi connectivity index (χ2v) is 8.63. The molecular formula is C28H51N5O5. The molecule has 1 rings (SSSR count). The number of amides is 1. The summed E-state index contributed by atoms with van der Waals surface area (Å²) in [5.74, 6) is -0.590. The van der Waals surface area contributed by atoms with Crippen LogP contribution in [0.2, 0.25) is 0 Å². The Bertz CT molecular complexity index is 832. The summed E-state index contributed by atoms with van der Waals surface area (Å²) in [4.78, 5) is 29.1. The number of nitrogens with one attached hydrogen (secondary N) is 1. The molecule has 6 N–H and O–H groups in total. The molecule has 0 aliphatic carbocycles. The third-order valence-electron chi connectivity index (χ3n) is 5.63. The van der Waals surface area contributed by atoms with Gasteiger partial charge in [-0.15, -0.1) is 0 Å². The number of aliphatic carboxylic acids is 1. The van der Waals surface area contributed by atoms with Gasteiger partial charge in [0.1, 0.15) is 5.82 Å². The number of allylic oxidation sites excluding steroid dienone is 1. The highest BCUT2D eigenvalue weighted by Crippen LogP contribution is 2.35. The topological polar surface area (TPSA) is 153 Å². The Morgan fingerprint density at radius 2 is 1.61 bits per heavy atom. The summed E-state index contributed by atoms with van der Waals surface area (Å²) in [5.41, 5.74) is 15.8. The molecular weight excluding hydrogens is 486 g/mol. The van der Waals surface area contributed by atoms with Gasteiger partial charge in [-0.2, -0.15) is 0 Å². The third kappa shape index (κ3) is 14.8. The number of aryl methyl sites for hydroxylation is 1. The minimum Gasteiger partial charge on any atom is -0.481 e. The summed E-state index contributed by atoms with van der Waals surface area (Å²) in [6, 6.07) is 0. The lowest BCUT2D eigenvalue weighted by Crippen LogP contribution is -2.30. The minimum absolute atomic E-state index is 0.0283. The number of nitrogens with two attached hydrogens (primary N) is 2. The maximum Gasteiger partial charge on any atom is 0.305 e. The van der Waals surface area contributed by atoms with E-state index in [4.69, 9.17) is 26.0 Å². The van der Waals surface area contributed by atoms with Crippen LogP contribution in [0, 0.1) is 6.92 Å². The van der Waals surface area contributed by atoms with Gasteiger partial charge in [0, 0.05) is 37.3 Å². The van der Waals surface area contributed by atoms with Crippen LogP contribution in [0.25, 0.3) is 6.08 Å². The smallest absolute Gasteiger partial charge is 0.305 e. The molecule has 0 aromatic carbocycles. The highest BCUT2D eigenvalue weighted by molar-refractivity contribution is 5.86. The molecule has 0 radical (unpaired) electrons. The monoisotopic (exact) mass is 537 g/mol. The number of carboxylic acids is 1. The number of hydrogen-bond donors (Lipinski definition) is 4. The van der Waals surface area contributed by atoms with Crippen molar-refractivity contribution in [3.05, 3.63) is 17.3 Å². The Hall–Kier alpha value is -2.85. The lowest BCUT2D eigenvalue weighted by molar-refractivity contribution is -0.138. The van der Waals surface area contributed by atoms with E-state index < -0.39 is 5.97 Å². The molecule has 0 saturated heterocycles. The molecule has 0 spiro atoms. The molecule has 1 heterocycles. The maximum absolute atomic E-state index is 12.0. The van der Waals surface area contributed by atoms with Crippen molar-refractivity contribution in [3.63, 3.8) is 0 Å². The van der Waals surface area contributed by atoms with Gasteiger partial charge in [-0.3, -0.25) is 9.59 Å².